The summed E-state index contributed by atoms with van der Waals surface area (Å²) in [4.78, 5) is 10.5. The third-order valence-electron chi connectivity index (χ3n) is 4.51. The fourth-order valence-corrected chi connectivity index (χ4v) is 2.99. The van der Waals surface area contributed by atoms with Gasteiger partial charge >= 0.3 is 43.7 Å². The zero-order valence-electron chi connectivity index (χ0n) is 15.5. The Morgan fingerprint density at radius 1 is 0.870 bits per heavy atom. The van der Waals surface area contributed by atoms with Crippen molar-refractivity contribution in [2.24, 2.45) is 17.8 Å². The first-order valence-corrected chi connectivity index (χ1v) is 9.21. The zero-order chi connectivity index (χ0) is 17.0. The molecule has 2 nitrogen and oxygen atoms in total. The topological polar surface area (TPSA) is 37.3 Å². The van der Waals surface area contributed by atoms with E-state index in [4.69, 9.17) is 5.11 Å². The monoisotopic (exact) mass is 352 g/mol. The van der Waals surface area contributed by atoms with Gasteiger partial charge in [0.2, 0.25) is 0 Å². The van der Waals surface area contributed by atoms with Crippen LogP contribution in [0.3, 0.4) is 0 Å². The number of rotatable bonds is 13. The van der Waals surface area contributed by atoms with Crippen LogP contribution >= 0.6 is 0 Å². The molecule has 0 aliphatic heterocycles. The Labute approximate surface area is 174 Å². The summed E-state index contributed by atoms with van der Waals surface area (Å²) in [5, 5.41) is 8.68. The Bertz CT molecular complexity index is 324. The molecule has 0 saturated carbocycles. The van der Waals surface area contributed by atoms with Crippen LogP contribution in [0.25, 0.3) is 0 Å². The Morgan fingerprint density at radius 3 is 1.74 bits per heavy atom. The summed E-state index contributed by atoms with van der Waals surface area (Å²) in [5.74, 6) is 1.65. The van der Waals surface area contributed by atoms with E-state index in [0.717, 1.165) is 36.2 Å². The maximum absolute atomic E-state index is 10.5. The molecular weight excluding hydrogens is 312 g/mol. The predicted molar refractivity (Wildman–Crippen MR) is 105 cm³/mol. The van der Waals surface area contributed by atoms with E-state index in [-0.39, 0.29) is 37.7 Å². The molecule has 0 unspecified atom stereocenters. The Morgan fingerprint density at radius 2 is 1.30 bits per heavy atom. The van der Waals surface area contributed by atoms with Gasteiger partial charge in [-0.1, -0.05) is 78.2 Å². The van der Waals surface area contributed by atoms with Gasteiger partial charge in [-0.05, 0) is 37.5 Å². The Balaban J connectivity index is 0. The van der Waals surface area contributed by atoms with E-state index in [1.54, 1.807) is 0 Å². The normalized spacial score (nSPS) is 14.4. The van der Waals surface area contributed by atoms with Crippen LogP contribution in [0, 0.1) is 17.8 Å². The first-order chi connectivity index (χ1) is 10.3. The Hall–Kier alpha value is 0.470. The average Bonchev–Trinajstić information content (AvgIpc) is 2.37. The number of carboxylic acids is 1. The number of hydrogen-bond donors (Lipinski definition) is 1. The van der Waals surface area contributed by atoms with Crippen LogP contribution in [0.4, 0.5) is 0 Å². The molecular formula is C20H40CaO2. The van der Waals surface area contributed by atoms with Crippen LogP contribution in [0.15, 0.2) is 11.6 Å². The molecule has 0 fully saturated rings. The minimum absolute atomic E-state index is 0. The third kappa shape index (κ3) is 18.6. The molecule has 0 radical (unpaired) electrons. The molecule has 3 heteroatoms. The van der Waals surface area contributed by atoms with Crippen molar-refractivity contribution in [3.8, 4) is 0 Å². The van der Waals surface area contributed by atoms with Crippen molar-refractivity contribution in [2.45, 2.75) is 92.4 Å². The van der Waals surface area contributed by atoms with Crippen molar-refractivity contribution in [3.63, 3.8) is 0 Å². The maximum atomic E-state index is 10.5. The molecule has 0 aromatic heterocycles. The van der Waals surface area contributed by atoms with Gasteiger partial charge in [-0.3, -0.25) is 0 Å². The summed E-state index contributed by atoms with van der Waals surface area (Å²) in [6.45, 7) is 11.3. The second-order valence-corrected chi connectivity index (χ2v) is 7.69. The molecule has 0 heterocycles. The first-order valence-electron chi connectivity index (χ1n) is 9.21. The summed E-state index contributed by atoms with van der Waals surface area (Å²) < 4.78 is 0. The van der Waals surface area contributed by atoms with Crippen molar-refractivity contribution in [3.05, 3.63) is 11.6 Å². The zero-order valence-corrected chi connectivity index (χ0v) is 15.5. The summed E-state index contributed by atoms with van der Waals surface area (Å²) >= 11 is 0. The van der Waals surface area contributed by atoms with E-state index < -0.39 is 5.97 Å². The molecule has 0 saturated heterocycles. The molecule has 0 amide bonds. The standard InChI is InChI=1S/C20H38O2.Ca.2H/c1-16(2)9-6-10-17(3)11-7-12-18(4)13-8-14-19(5)15-20(21)22;;;/h15-18H,6-14H2,1-5H3,(H,21,22);;;/b19-15+;;;/t17-,18-;;;/m1.../s1. The van der Waals surface area contributed by atoms with Gasteiger partial charge in [-0.25, -0.2) is 4.79 Å². The third-order valence-corrected chi connectivity index (χ3v) is 4.51. The molecule has 0 bridgehead atoms. The molecule has 0 rings (SSSR count). The molecule has 0 aliphatic carbocycles. The molecule has 0 aromatic rings. The molecule has 2 atom stereocenters. The van der Waals surface area contributed by atoms with Crippen molar-refractivity contribution in [2.75, 3.05) is 0 Å². The molecule has 1 N–H and O–H groups in total. The molecule has 134 valence electrons. The van der Waals surface area contributed by atoms with Crippen LogP contribution in [0.5, 0.6) is 0 Å². The van der Waals surface area contributed by atoms with Crippen LogP contribution in [-0.2, 0) is 4.79 Å². The van der Waals surface area contributed by atoms with Gasteiger partial charge in [-0.2, -0.15) is 0 Å². The molecule has 23 heavy (non-hydrogen) atoms. The summed E-state index contributed by atoms with van der Waals surface area (Å²) in [6.07, 6.45) is 12.7. The number of hydrogen-bond acceptors (Lipinski definition) is 1. The van der Waals surface area contributed by atoms with E-state index in [1.165, 1.54) is 51.0 Å². The van der Waals surface area contributed by atoms with Gasteiger partial charge in [-0.15, -0.1) is 0 Å². The van der Waals surface area contributed by atoms with E-state index in [9.17, 15) is 4.79 Å². The second kappa shape index (κ2) is 16.0. The number of allylic oxidation sites excluding steroid dienone is 1. The predicted octanol–water partition coefficient (Wildman–Crippen LogP) is 5.54. The molecule has 0 aliphatic rings. The Kier molecular flexibility index (Phi) is 17.8. The van der Waals surface area contributed by atoms with Gasteiger partial charge in [0, 0.05) is 6.08 Å². The number of aliphatic carboxylic acids is 1. The van der Waals surface area contributed by atoms with E-state index in [1.807, 2.05) is 6.92 Å². The number of carbonyl (C=O) groups is 1. The fourth-order valence-electron chi connectivity index (χ4n) is 2.99. The van der Waals surface area contributed by atoms with Crippen molar-refractivity contribution >= 4 is 43.7 Å². The van der Waals surface area contributed by atoms with Crippen LogP contribution in [0.1, 0.15) is 92.4 Å². The summed E-state index contributed by atoms with van der Waals surface area (Å²) in [6, 6.07) is 0. The SMILES string of the molecule is C/C(=C\C(=O)O)CCC[C@H](C)CCC[C@H](C)CCCC(C)C.[CaH2]. The first kappa shape index (κ1) is 25.7. The summed E-state index contributed by atoms with van der Waals surface area (Å²) in [7, 11) is 0. The van der Waals surface area contributed by atoms with E-state index >= 15 is 0 Å². The van der Waals surface area contributed by atoms with Crippen molar-refractivity contribution in [1.29, 1.82) is 0 Å². The number of carboxylic acid groups (broad SMARTS) is 1. The minimum atomic E-state index is -0.822. The van der Waals surface area contributed by atoms with Crippen LogP contribution < -0.4 is 0 Å². The van der Waals surface area contributed by atoms with Gasteiger partial charge < -0.3 is 5.11 Å². The fraction of sp³-hybridized carbons (Fsp3) is 0.850. The summed E-state index contributed by atoms with van der Waals surface area (Å²) in [5.41, 5.74) is 0.985. The van der Waals surface area contributed by atoms with Crippen molar-refractivity contribution in [1.82, 2.24) is 0 Å². The van der Waals surface area contributed by atoms with Gasteiger partial charge in [0.1, 0.15) is 0 Å². The van der Waals surface area contributed by atoms with E-state index in [0.29, 0.717) is 0 Å². The van der Waals surface area contributed by atoms with Crippen molar-refractivity contribution < 1.29 is 9.90 Å². The molecule has 0 aromatic carbocycles. The van der Waals surface area contributed by atoms with Crippen LogP contribution in [0.2, 0.25) is 0 Å². The van der Waals surface area contributed by atoms with E-state index in [2.05, 4.69) is 27.7 Å². The second-order valence-electron chi connectivity index (χ2n) is 7.69. The van der Waals surface area contributed by atoms with Gasteiger partial charge in [0.25, 0.3) is 0 Å². The van der Waals surface area contributed by atoms with Gasteiger partial charge in [0.05, 0.1) is 0 Å². The average molecular weight is 353 g/mol. The molecule has 0 spiro atoms. The van der Waals surface area contributed by atoms with Gasteiger partial charge in [0.15, 0.2) is 0 Å². The quantitative estimate of drug-likeness (QED) is 0.349. The van der Waals surface area contributed by atoms with Crippen LogP contribution in [-0.4, -0.2) is 48.8 Å².